The van der Waals surface area contributed by atoms with Gasteiger partial charge in [-0.25, -0.2) is 9.78 Å². The molecule has 3 aromatic rings. The summed E-state index contributed by atoms with van der Waals surface area (Å²) in [6.07, 6.45) is -2.97. The third-order valence-electron chi connectivity index (χ3n) is 7.87. The highest BCUT2D eigenvalue weighted by atomic mass is 16.5. The number of amides is 1. The van der Waals surface area contributed by atoms with Crippen molar-refractivity contribution in [2.45, 2.75) is 63.6 Å². The molecule has 0 aliphatic carbocycles. The van der Waals surface area contributed by atoms with Gasteiger partial charge >= 0.3 is 5.97 Å². The van der Waals surface area contributed by atoms with Crippen molar-refractivity contribution < 1.29 is 29.7 Å². The molecule has 4 atom stereocenters. The topological polar surface area (TPSA) is 145 Å². The van der Waals surface area contributed by atoms with E-state index in [1.54, 1.807) is 62.4 Å². The van der Waals surface area contributed by atoms with Gasteiger partial charge in [0.05, 0.1) is 23.7 Å². The Kier molecular flexibility index (Phi) is 6.38. The fourth-order valence-corrected chi connectivity index (χ4v) is 5.66. The first-order valence-electron chi connectivity index (χ1n) is 12.8. The van der Waals surface area contributed by atoms with Crippen LogP contribution in [-0.4, -0.2) is 60.7 Å². The third-order valence-corrected chi connectivity index (χ3v) is 7.87. The lowest BCUT2D eigenvalue weighted by Gasteiger charge is -2.37. The molecule has 1 fully saturated rings. The second-order valence-corrected chi connectivity index (χ2v) is 11.0. The van der Waals surface area contributed by atoms with E-state index in [0.29, 0.717) is 16.8 Å². The molecular formula is C28H32N4O7. The van der Waals surface area contributed by atoms with E-state index >= 15 is 0 Å². The highest BCUT2D eigenvalue weighted by molar-refractivity contribution is 6.04. The minimum atomic E-state index is -2.02. The summed E-state index contributed by atoms with van der Waals surface area (Å²) in [6, 6.07) is 11.8. The fourth-order valence-electron chi connectivity index (χ4n) is 5.66. The van der Waals surface area contributed by atoms with Gasteiger partial charge in [0.1, 0.15) is 35.3 Å². The van der Waals surface area contributed by atoms with Crippen LogP contribution < -0.4 is 10.5 Å². The molecule has 0 radical (unpaired) electrons. The number of aliphatic hydroxyl groups excluding tert-OH is 1. The summed E-state index contributed by atoms with van der Waals surface area (Å²) in [5, 5.41) is 35.6. The van der Waals surface area contributed by atoms with Crippen LogP contribution in [0.2, 0.25) is 0 Å². The number of carbonyl (C=O) groups is 2. The lowest BCUT2D eigenvalue weighted by atomic mass is 9.85. The average Bonchev–Trinajstić information content (AvgIpc) is 3.28. The van der Waals surface area contributed by atoms with E-state index in [1.165, 1.54) is 18.7 Å². The minimum absolute atomic E-state index is 0.0560. The molecule has 0 bridgehead atoms. The van der Waals surface area contributed by atoms with Gasteiger partial charge in [0, 0.05) is 12.0 Å². The monoisotopic (exact) mass is 536 g/mol. The van der Waals surface area contributed by atoms with Crippen LogP contribution in [0.15, 0.2) is 53.3 Å². The SMILES string of the molecule is COC(=O)[C@H](C[C@@]1(O)c2ccccc2N2C(=O)C(C)(C)N(O)[C@@H]21)n1c([C@H](O)C(C)C)nc2ccccc2c1=O. The van der Waals surface area contributed by atoms with Crippen LogP contribution in [0.3, 0.4) is 0 Å². The Balaban J connectivity index is 1.75. The normalized spacial score (nSPS) is 23.7. The number of hydrogen-bond donors (Lipinski definition) is 3. The number of benzene rings is 2. The highest BCUT2D eigenvalue weighted by Gasteiger charge is 2.65. The molecule has 0 spiro atoms. The van der Waals surface area contributed by atoms with Crippen molar-refractivity contribution in [1.82, 2.24) is 14.6 Å². The van der Waals surface area contributed by atoms with Gasteiger partial charge in [-0.2, -0.15) is 5.06 Å². The number of hydrogen-bond acceptors (Lipinski definition) is 9. The van der Waals surface area contributed by atoms with Crippen molar-refractivity contribution in [3.05, 3.63) is 70.3 Å². The molecule has 1 aromatic heterocycles. The van der Waals surface area contributed by atoms with E-state index in [2.05, 4.69) is 4.98 Å². The fraction of sp³-hybridized carbons (Fsp3) is 0.429. The van der Waals surface area contributed by atoms with Gasteiger partial charge in [0.2, 0.25) is 0 Å². The molecule has 206 valence electrons. The molecule has 1 amide bonds. The first-order chi connectivity index (χ1) is 18.4. The zero-order valence-electron chi connectivity index (χ0n) is 22.4. The zero-order valence-corrected chi connectivity index (χ0v) is 22.4. The van der Waals surface area contributed by atoms with Crippen molar-refractivity contribution in [2.75, 3.05) is 12.0 Å². The molecule has 2 aromatic carbocycles. The first-order valence-corrected chi connectivity index (χ1v) is 12.8. The quantitative estimate of drug-likeness (QED) is 0.404. The summed E-state index contributed by atoms with van der Waals surface area (Å²) in [5.41, 5.74) is -2.94. The first kappa shape index (κ1) is 26.9. The molecule has 11 nitrogen and oxygen atoms in total. The maximum atomic E-state index is 13.9. The molecular weight excluding hydrogens is 504 g/mol. The molecule has 0 unspecified atom stereocenters. The van der Waals surface area contributed by atoms with E-state index in [4.69, 9.17) is 4.74 Å². The number of carbonyl (C=O) groups excluding carboxylic acids is 2. The predicted molar refractivity (Wildman–Crippen MR) is 141 cm³/mol. The Labute approximate surface area is 224 Å². The van der Waals surface area contributed by atoms with Crippen LogP contribution in [-0.2, 0) is 19.9 Å². The second-order valence-electron chi connectivity index (χ2n) is 11.0. The summed E-state index contributed by atoms with van der Waals surface area (Å²) in [5.74, 6) is -1.72. The molecule has 3 heterocycles. The van der Waals surface area contributed by atoms with E-state index in [1.807, 2.05) is 0 Å². The van der Waals surface area contributed by atoms with Crippen LogP contribution in [0.4, 0.5) is 5.69 Å². The summed E-state index contributed by atoms with van der Waals surface area (Å²) in [7, 11) is 1.16. The lowest BCUT2D eigenvalue weighted by Crippen LogP contribution is -2.53. The summed E-state index contributed by atoms with van der Waals surface area (Å²) < 4.78 is 6.17. The number of para-hydroxylation sites is 2. The van der Waals surface area contributed by atoms with E-state index < -0.39 is 53.3 Å². The van der Waals surface area contributed by atoms with Crippen LogP contribution in [0, 0.1) is 5.92 Å². The third kappa shape index (κ3) is 3.80. The number of aromatic nitrogens is 2. The average molecular weight is 537 g/mol. The molecule has 3 N–H and O–H groups in total. The van der Waals surface area contributed by atoms with Gasteiger partial charge in [-0.1, -0.05) is 44.2 Å². The maximum Gasteiger partial charge on any atom is 0.329 e. The van der Waals surface area contributed by atoms with Crippen LogP contribution >= 0.6 is 0 Å². The van der Waals surface area contributed by atoms with Crippen molar-refractivity contribution in [3.8, 4) is 0 Å². The highest BCUT2D eigenvalue weighted by Crippen LogP contribution is 2.53. The lowest BCUT2D eigenvalue weighted by molar-refractivity contribution is -0.210. The van der Waals surface area contributed by atoms with Gasteiger partial charge in [0.15, 0.2) is 0 Å². The van der Waals surface area contributed by atoms with E-state index in [0.717, 1.165) is 16.7 Å². The van der Waals surface area contributed by atoms with Crippen molar-refractivity contribution >= 4 is 28.5 Å². The summed E-state index contributed by atoms with van der Waals surface area (Å²) >= 11 is 0. The number of hydroxylamine groups is 2. The van der Waals surface area contributed by atoms with Crippen molar-refractivity contribution in [2.24, 2.45) is 5.92 Å². The molecule has 2 aliphatic heterocycles. The predicted octanol–water partition coefficient (Wildman–Crippen LogP) is 2.23. The van der Waals surface area contributed by atoms with Crippen molar-refractivity contribution in [3.63, 3.8) is 0 Å². The number of fused-ring (bicyclic) bond motifs is 4. The Morgan fingerprint density at radius 1 is 1.10 bits per heavy atom. The van der Waals surface area contributed by atoms with E-state index in [-0.39, 0.29) is 17.1 Å². The number of aliphatic hydroxyl groups is 2. The Bertz CT molecular complexity index is 1530. The molecule has 1 saturated heterocycles. The largest absolute Gasteiger partial charge is 0.467 e. The molecule has 11 heteroatoms. The summed E-state index contributed by atoms with van der Waals surface area (Å²) in [6.45, 7) is 6.56. The number of nitrogens with zero attached hydrogens (tertiary/aromatic N) is 4. The van der Waals surface area contributed by atoms with Gasteiger partial charge < -0.3 is 20.2 Å². The summed E-state index contributed by atoms with van der Waals surface area (Å²) in [4.78, 5) is 46.5. The standard InChI is InChI=1S/C28H32N4O7/c1-15(2)21(33)22-29-18-12-8-6-10-16(18)23(34)30(22)20(24(35)39-5)14-28(37)17-11-7-9-13-19(17)31-25(28)32(38)27(3,4)26(31)36/h6-13,15,20-21,25,33,37-38H,14H2,1-5H3/t20-,21+,25+,28+/m0/s1. The van der Waals surface area contributed by atoms with Gasteiger partial charge in [-0.05, 0) is 38.0 Å². The Hall–Kier alpha value is -3.64. The Morgan fingerprint density at radius 3 is 2.41 bits per heavy atom. The van der Waals surface area contributed by atoms with Gasteiger partial charge in [-0.15, -0.1) is 0 Å². The second kappa shape index (κ2) is 9.23. The number of esters is 1. The number of anilines is 1. The smallest absolute Gasteiger partial charge is 0.329 e. The minimum Gasteiger partial charge on any atom is -0.467 e. The molecule has 2 aliphatic rings. The van der Waals surface area contributed by atoms with Crippen molar-refractivity contribution in [1.29, 1.82) is 0 Å². The van der Waals surface area contributed by atoms with Gasteiger partial charge in [-0.3, -0.25) is 19.1 Å². The number of ether oxygens (including phenoxy) is 1. The Morgan fingerprint density at radius 2 is 1.74 bits per heavy atom. The molecule has 0 saturated carbocycles. The van der Waals surface area contributed by atoms with Crippen LogP contribution in [0.1, 0.15) is 57.6 Å². The van der Waals surface area contributed by atoms with Crippen LogP contribution in [0.25, 0.3) is 10.9 Å². The van der Waals surface area contributed by atoms with E-state index in [9.17, 15) is 29.8 Å². The molecule has 39 heavy (non-hydrogen) atoms. The molecule has 5 rings (SSSR count). The number of rotatable bonds is 6. The number of methoxy groups -OCH3 is 1. The maximum absolute atomic E-state index is 13.9. The van der Waals surface area contributed by atoms with Gasteiger partial charge in [0.25, 0.3) is 11.5 Å². The van der Waals surface area contributed by atoms with Crippen LogP contribution in [0.5, 0.6) is 0 Å². The zero-order chi connectivity index (χ0) is 28.4.